The zero-order chi connectivity index (χ0) is 14.0. The maximum absolute atomic E-state index is 12.2. The van der Waals surface area contributed by atoms with E-state index < -0.39 is 29.3 Å². The fraction of sp³-hybridized carbons (Fsp3) is 0.364. The van der Waals surface area contributed by atoms with Gasteiger partial charge in [-0.05, 0) is 0 Å². The van der Waals surface area contributed by atoms with Crippen LogP contribution in [-0.4, -0.2) is 52.5 Å². The summed E-state index contributed by atoms with van der Waals surface area (Å²) in [6, 6.07) is 1.45. The molecule has 0 bridgehead atoms. The molecular weight excluding hydrogens is 252 g/mol. The minimum atomic E-state index is -0.761. The summed E-state index contributed by atoms with van der Waals surface area (Å²) in [7, 11) is 0. The summed E-state index contributed by atoms with van der Waals surface area (Å²) in [5.74, 6) is -1.53. The fourth-order valence-electron chi connectivity index (χ4n) is 2.02. The van der Waals surface area contributed by atoms with E-state index in [1.54, 1.807) is 0 Å². The molecule has 2 amide bonds. The summed E-state index contributed by atoms with van der Waals surface area (Å²) < 4.78 is 0. The Morgan fingerprint density at radius 3 is 2.79 bits per heavy atom. The monoisotopic (exact) mass is 266 g/mol. The summed E-state index contributed by atoms with van der Waals surface area (Å²) >= 11 is 0. The Labute approximate surface area is 108 Å². The van der Waals surface area contributed by atoms with Gasteiger partial charge in [-0.15, -0.1) is 0 Å². The Morgan fingerprint density at radius 1 is 1.42 bits per heavy atom. The highest BCUT2D eigenvalue weighted by Crippen LogP contribution is 2.12. The van der Waals surface area contributed by atoms with Crippen LogP contribution < -0.4 is 16.6 Å². The molecule has 8 nitrogen and oxygen atoms in total. The van der Waals surface area contributed by atoms with Gasteiger partial charge in [-0.2, -0.15) is 0 Å². The first kappa shape index (κ1) is 13.1. The maximum Gasteiger partial charge on any atom is 0.255 e. The lowest BCUT2D eigenvalue weighted by Crippen LogP contribution is -2.58. The number of hydrogen-bond acceptors (Lipinski definition) is 5. The number of hydrogen-bond donors (Lipinski definition) is 4. The number of primary amides is 1. The summed E-state index contributed by atoms with van der Waals surface area (Å²) in [6.45, 7) is 1.11. The van der Waals surface area contributed by atoms with Crippen LogP contribution in [0.2, 0.25) is 0 Å². The first-order valence-electron chi connectivity index (χ1n) is 5.73. The number of nitrogens with two attached hydrogens (primary N) is 1. The number of rotatable bonds is 2. The Morgan fingerprint density at radius 2 is 2.16 bits per heavy atom. The second-order valence-corrected chi connectivity index (χ2v) is 4.24. The molecule has 0 spiro atoms. The van der Waals surface area contributed by atoms with Crippen LogP contribution >= 0.6 is 0 Å². The maximum atomic E-state index is 12.2. The third-order valence-corrected chi connectivity index (χ3v) is 2.91. The fourth-order valence-corrected chi connectivity index (χ4v) is 2.02. The van der Waals surface area contributed by atoms with Gasteiger partial charge < -0.3 is 21.1 Å². The highest BCUT2D eigenvalue weighted by molar-refractivity contribution is 5.97. The van der Waals surface area contributed by atoms with E-state index in [1.165, 1.54) is 4.90 Å². The minimum Gasteiger partial charge on any atom is -0.494 e. The van der Waals surface area contributed by atoms with Crippen molar-refractivity contribution in [3.05, 3.63) is 28.0 Å². The zero-order valence-corrected chi connectivity index (χ0v) is 10.0. The zero-order valence-electron chi connectivity index (χ0n) is 10.0. The number of nitrogens with one attached hydrogen (secondary N) is 2. The van der Waals surface area contributed by atoms with E-state index in [2.05, 4.69) is 10.3 Å². The molecule has 102 valence electrons. The summed E-state index contributed by atoms with van der Waals surface area (Å²) in [5.41, 5.74) is 4.68. The molecule has 1 saturated heterocycles. The molecule has 8 heteroatoms. The number of amides is 2. The van der Waals surface area contributed by atoms with E-state index in [1.807, 2.05) is 0 Å². The molecule has 2 rings (SSSR count). The van der Waals surface area contributed by atoms with Gasteiger partial charge in [0.15, 0.2) is 5.88 Å². The molecule has 2 heterocycles. The van der Waals surface area contributed by atoms with Gasteiger partial charge in [0, 0.05) is 31.8 Å². The number of H-pyrrole nitrogens is 1. The number of pyridine rings is 1. The van der Waals surface area contributed by atoms with Crippen LogP contribution in [0.5, 0.6) is 5.88 Å². The van der Waals surface area contributed by atoms with Crippen molar-refractivity contribution in [2.75, 3.05) is 19.6 Å². The number of piperazine rings is 1. The van der Waals surface area contributed by atoms with E-state index in [-0.39, 0.29) is 12.1 Å². The molecule has 1 unspecified atom stereocenters. The summed E-state index contributed by atoms with van der Waals surface area (Å²) in [4.78, 5) is 38.2. The average Bonchev–Trinajstić information content (AvgIpc) is 2.36. The predicted molar refractivity (Wildman–Crippen MR) is 65.6 cm³/mol. The highest BCUT2D eigenvalue weighted by atomic mass is 16.3. The summed E-state index contributed by atoms with van der Waals surface area (Å²) in [6.07, 6.45) is 0. The van der Waals surface area contributed by atoms with Gasteiger partial charge in [0.1, 0.15) is 6.04 Å². The SMILES string of the molecule is NC(=O)C1CNCCN1C(=O)c1cc(O)[nH]c(=O)c1. The molecule has 1 aromatic heterocycles. The molecule has 0 saturated carbocycles. The van der Waals surface area contributed by atoms with Crippen LogP contribution in [0.3, 0.4) is 0 Å². The number of aromatic hydroxyl groups is 1. The van der Waals surface area contributed by atoms with Gasteiger partial charge >= 0.3 is 0 Å². The second kappa shape index (κ2) is 5.11. The second-order valence-electron chi connectivity index (χ2n) is 4.24. The van der Waals surface area contributed by atoms with Crippen molar-refractivity contribution >= 4 is 11.8 Å². The third-order valence-electron chi connectivity index (χ3n) is 2.91. The number of nitrogens with zero attached hydrogens (tertiary/aromatic N) is 1. The van der Waals surface area contributed by atoms with Gasteiger partial charge in [0.25, 0.3) is 11.5 Å². The smallest absolute Gasteiger partial charge is 0.255 e. The topological polar surface area (TPSA) is 129 Å². The number of carbonyl (C=O) groups is 2. The third kappa shape index (κ3) is 2.74. The van der Waals surface area contributed by atoms with Gasteiger partial charge in [-0.3, -0.25) is 19.4 Å². The van der Waals surface area contributed by atoms with Crippen molar-refractivity contribution in [3.8, 4) is 5.88 Å². The van der Waals surface area contributed by atoms with Crippen LogP contribution in [0.15, 0.2) is 16.9 Å². The Kier molecular flexibility index (Phi) is 3.52. The van der Waals surface area contributed by atoms with Gasteiger partial charge in [-0.25, -0.2) is 0 Å². The molecule has 19 heavy (non-hydrogen) atoms. The lowest BCUT2D eigenvalue weighted by Gasteiger charge is -2.34. The normalized spacial score (nSPS) is 19.2. The van der Waals surface area contributed by atoms with Crippen molar-refractivity contribution in [2.45, 2.75) is 6.04 Å². The molecule has 1 atom stereocenters. The molecular formula is C11H14N4O4. The largest absolute Gasteiger partial charge is 0.494 e. The average molecular weight is 266 g/mol. The van der Waals surface area contributed by atoms with Crippen LogP contribution in [0.25, 0.3) is 0 Å². The lowest BCUT2D eigenvalue weighted by atomic mass is 10.1. The molecule has 0 aliphatic carbocycles. The van der Waals surface area contributed by atoms with E-state index in [0.29, 0.717) is 13.1 Å². The first-order valence-corrected chi connectivity index (χ1v) is 5.73. The minimum absolute atomic E-state index is 0.0226. The molecule has 1 fully saturated rings. The van der Waals surface area contributed by atoms with Crippen molar-refractivity contribution in [1.29, 1.82) is 0 Å². The molecule has 0 aromatic carbocycles. The van der Waals surface area contributed by atoms with Crippen LogP contribution in [0.1, 0.15) is 10.4 Å². The highest BCUT2D eigenvalue weighted by Gasteiger charge is 2.31. The van der Waals surface area contributed by atoms with Gasteiger partial charge in [0.05, 0.1) is 5.56 Å². The van der Waals surface area contributed by atoms with E-state index in [4.69, 9.17) is 5.73 Å². The van der Waals surface area contributed by atoms with E-state index in [9.17, 15) is 19.5 Å². The molecule has 1 aliphatic heterocycles. The standard InChI is InChI=1S/C11H14N4O4/c12-10(18)7-5-13-1-2-15(7)11(19)6-3-8(16)14-9(17)4-6/h3-4,7,13H,1-2,5H2,(H2,12,18)(H2,14,16,17). The molecule has 5 N–H and O–H groups in total. The van der Waals surface area contributed by atoms with E-state index in [0.717, 1.165) is 12.1 Å². The lowest BCUT2D eigenvalue weighted by molar-refractivity contribution is -0.122. The van der Waals surface area contributed by atoms with E-state index >= 15 is 0 Å². The van der Waals surface area contributed by atoms with Gasteiger partial charge in [-0.1, -0.05) is 0 Å². The number of carbonyl (C=O) groups excluding carboxylic acids is 2. The number of aromatic nitrogens is 1. The number of aromatic amines is 1. The molecule has 1 aromatic rings. The van der Waals surface area contributed by atoms with Crippen LogP contribution in [-0.2, 0) is 4.79 Å². The molecule has 1 aliphatic rings. The Hall–Kier alpha value is -2.35. The van der Waals surface area contributed by atoms with Crippen molar-refractivity contribution in [1.82, 2.24) is 15.2 Å². The summed E-state index contributed by atoms with van der Waals surface area (Å²) in [5, 5.41) is 12.2. The van der Waals surface area contributed by atoms with Crippen molar-refractivity contribution in [2.24, 2.45) is 5.73 Å². The Bertz CT molecular complexity index is 568. The van der Waals surface area contributed by atoms with Gasteiger partial charge in [0.2, 0.25) is 5.91 Å². The predicted octanol–water partition coefficient (Wildman–Crippen LogP) is -2.02. The Balaban J connectivity index is 2.31. The van der Waals surface area contributed by atoms with Crippen LogP contribution in [0, 0.1) is 0 Å². The molecule has 0 radical (unpaired) electrons. The van der Waals surface area contributed by atoms with Crippen molar-refractivity contribution in [3.63, 3.8) is 0 Å². The first-order chi connectivity index (χ1) is 8.99. The van der Waals surface area contributed by atoms with Crippen LogP contribution in [0.4, 0.5) is 0 Å². The van der Waals surface area contributed by atoms with Crippen molar-refractivity contribution < 1.29 is 14.7 Å². The quantitative estimate of drug-likeness (QED) is 0.491.